The number of benzene rings is 1. The first kappa shape index (κ1) is 24.1. The molecule has 2 fully saturated rings. The number of guanidine groups is 1. The number of rotatable bonds is 6. The number of halogens is 1. The van der Waals surface area contributed by atoms with E-state index in [1.807, 2.05) is 0 Å². The van der Waals surface area contributed by atoms with Gasteiger partial charge in [-0.15, -0.1) is 0 Å². The van der Waals surface area contributed by atoms with Gasteiger partial charge in [0.05, 0.1) is 13.7 Å². The Morgan fingerprint density at radius 1 is 1.18 bits per heavy atom. The van der Waals surface area contributed by atoms with Gasteiger partial charge in [-0.3, -0.25) is 9.79 Å². The number of nitrogens with zero attached hydrogens (tertiary/aromatic N) is 4. The van der Waals surface area contributed by atoms with E-state index in [2.05, 4.69) is 14.9 Å². The van der Waals surface area contributed by atoms with Crippen LogP contribution in [-0.2, 0) is 9.53 Å². The summed E-state index contributed by atoms with van der Waals surface area (Å²) in [5.74, 6) is 0.0483. The predicted molar refractivity (Wildman–Crippen MR) is 126 cm³/mol. The second-order valence-corrected chi connectivity index (χ2v) is 9.10. The fourth-order valence-corrected chi connectivity index (χ4v) is 4.71. The third-order valence-electron chi connectivity index (χ3n) is 6.75. The summed E-state index contributed by atoms with van der Waals surface area (Å²) in [5.41, 5.74) is 4.10. The van der Waals surface area contributed by atoms with Crippen molar-refractivity contribution in [2.75, 3.05) is 46.4 Å². The van der Waals surface area contributed by atoms with Gasteiger partial charge in [-0.1, -0.05) is 12.1 Å². The van der Waals surface area contributed by atoms with E-state index < -0.39 is 17.5 Å². The van der Waals surface area contributed by atoms with E-state index in [0.29, 0.717) is 62.8 Å². The first-order chi connectivity index (χ1) is 16.4. The van der Waals surface area contributed by atoms with Crippen molar-refractivity contribution in [3.8, 4) is 5.75 Å². The van der Waals surface area contributed by atoms with Gasteiger partial charge in [0.15, 0.2) is 5.67 Å². The van der Waals surface area contributed by atoms with E-state index in [1.165, 1.54) is 7.11 Å². The third-order valence-corrected chi connectivity index (χ3v) is 6.75. The number of nitrogens with two attached hydrogens (primary N) is 1. The summed E-state index contributed by atoms with van der Waals surface area (Å²) >= 11 is 0. The molecule has 4 rings (SSSR count). The molecule has 0 aliphatic carbocycles. The Morgan fingerprint density at radius 2 is 1.88 bits per heavy atom. The van der Waals surface area contributed by atoms with Crippen molar-refractivity contribution in [1.29, 1.82) is 0 Å². The number of carbonyl (C=O) groups excluding carboxylic acids is 2. The third kappa shape index (κ3) is 5.55. The van der Waals surface area contributed by atoms with Crippen LogP contribution in [0.25, 0.3) is 0 Å². The van der Waals surface area contributed by atoms with Crippen molar-refractivity contribution in [3.05, 3.63) is 29.8 Å². The zero-order chi connectivity index (χ0) is 24.1. The van der Waals surface area contributed by atoms with Crippen molar-refractivity contribution in [2.45, 2.75) is 37.5 Å². The van der Waals surface area contributed by atoms with Gasteiger partial charge >= 0.3 is 5.97 Å². The van der Waals surface area contributed by atoms with Crippen LogP contribution in [0.3, 0.4) is 0 Å². The highest BCUT2D eigenvalue weighted by atomic mass is 19.1. The molecule has 3 aliphatic rings. The molecule has 1 atom stereocenters. The number of hydrogen-bond donors (Lipinski definition) is 1. The molecule has 2 N–H and O–H groups in total. The van der Waals surface area contributed by atoms with Gasteiger partial charge in [-0.05, 0) is 12.1 Å². The number of esters is 1. The van der Waals surface area contributed by atoms with Crippen molar-refractivity contribution >= 4 is 24.1 Å². The van der Waals surface area contributed by atoms with E-state index >= 15 is 4.39 Å². The standard InChI is InChI=1S/C24H32FN5O4/c1-33-21(31)19-4-2-3-5-20(19)34-18-6-10-30(11-7-18)22(32)24(25)8-12-29(13-9-24)16-17-14-27-23(26)28-15-17/h2-5,14,17-18H,6-13,15-16H2,1H3,(H2,26,28). The Labute approximate surface area is 198 Å². The topological polar surface area (TPSA) is 110 Å². The van der Waals surface area contributed by atoms with E-state index in [4.69, 9.17) is 15.2 Å². The lowest BCUT2D eigenvalue weighted by Gasteiger charge is -2.40. The largest absolute Gasteiger partial charge is 0.489 e. The number of methoxy groups -OCH3 is 1. The lowest BCUT2D eigenvalue weighted by molar-refractivity contribution is -0.149. The molecule has 0 aromatic heterocycles. The van der Waals surface area contributed by atoms with Gasteiger partial charge in [0.25, 0.3) is 5.91 Å². The monoisotopic (exact) mass is 473 g/mol. The van der Waals surface area contributed by atoms with Gasteiger partial charge in [-0.2, -0.15) is 0 Å². The Bertz CT molecular complexity index is 952. The summed E-state index contributed by atoms with van der Waals surface area (Å²) in [4.78, 5) is 37.0. The van der Waals surface area contributed by atoms with Crippen LogP contribution in [0.15, 0.2) is 34.3 Å². The molecule has 184 valence electrons. The molecule has 1 unspecified atom stereocenters. The van der Waals surface area contributed by atoms with E-state index in [-0.39, 0.29) is 24.9 Å². The minimum absolute atomic E-state index is 0.152. The van der Waals surface area contributed by atoms with Gasteiger partial charge < -0.3 is 25.0 Å². The lowest BCUT2D eigenvalue weighted by Crippen LogP contribution is -2.55. The minimum Gasteiger partial charge on any atom is -0.489 e. The zero-order valence-electron chi connectivity index (χ0n) is 19.5. The van der Waals surface area contributed by atoms with Crippen LogP contribution in [0.1, 0.15) is 36.0 Å². The first-order valence-corrected chi connectivity index (χ1v) is 11.8. The summed E-state index contributed by atoms with van der Waals surface area (Å²) in [5, 5.41) is 0. The number of carbonyl (C=O) groups is 2. The lowest BCUT2D eigenvalue weighted by atomic mass is 9.90. The highest BCUT2D eigenvalue weighted by molar-refractivity contribution is 5.92. The molecule has 3 heterocycles. The Hall–Kier alpha value is -3.01. The zero-order valence-corrected chi connectivity index (χ0v) is 19.5. The molecule has 0 radical (unpaired) electrons. The molecular weight excluding hydrogens is 441 g/mol. The smallest absolute Gasteiger partial charge is 0.341 e. The summed E-state index contributed by atoms with van der Waals surface area (Å²) in [6.07, 6.45) is 3.18. The maximum Gasteiger partial charge on any atom is 0.341 e. The summed E-state index contributed by atoms with van der Waals surface area (Å²) in [7, 11) is 1.33. The minimum atomic E-state index is -1.83. The molecule has 1 aromatic rings. The van der Waals surface area contributed by atoms with E-state index in [9.17, 15) is 9.59 Å². The number of ether oxygens (including phenoxy) is 2. The fourth-order valence-electron chi connectivity index (χ4n) is 4.71. The molecular formula is C24H32FN5O4. The Morgan fingerprint density at radius 3 is 2.53 bits per heavy atom. The number of amides is 1. The van der Waals surface area contributed by atoms with Gasteiger partial charge in [0.2, 0.25) is 5.96 Å². The predicted octanol–water partition coefficient (Wildman–Crippen LogP) is 1.66. The summed E-state index contributed by atoms with van der Waals surface area (Å²) in [6, 6.07) is 6.93. The van der Waals surface area contributed by atoms with Gasteiger partial charge in [0, 0.05) is 70.5 Å². The molecule has 0 saturated carbocycles. The molecule has 0 spiro atoms. The SMILES string of the molecule is COC(=O)c1ccccc1OC1CCN(C(=O)C2(F)CCN(CC3C=NC(N)=NC3)CC2)CC1. The first-order valence-electron chi connectivity index (χ1n) is 11.8. The second-order valence-electron chi connectivity index (χ2n) is 9.10. The summed E-state index contributed by atoms with van der Waals surface area (Å²) in [6.45, 7) is 3.23. The average molecular weight is 474 g/mol. The molecule has 34 heavy (non-hydrogen) atoms. The maximum atomic E-state index is 15.6. The molecule has 9 nitrogen and oxygen atoms in total. The van der Waals surface area contributed by atoms with Crippen LogP contribution in [0.5, 0.6) is 5.75 Å². The Kier molecular flexibility index (Phi) is 7.45. The normalized spacial score (nSPS) is 23.3. The van der Waals surface area contributed by atoms with Crippen LogP contribution in [0, 0.1) is 5.92 Å². The molecule has 1 aromatic carbocycles. The van der Waals surface area contributed by atoms with Crippen molar-refractivity contribution in [2.24, 2.45) is 21.6 Å². The molecule has 3 aliphatic heterocycles. The number of alkyl halides is 1. The van der Waals surface area contributed by atoms with Crippen LogP contribution >= 0.6 is 0 Å². The molecule has 2 saturated heterocycles. The molecule has 0 bridgehead atoms. The highest BCUT2D eigenvalue weighted by Gasteiger charge is 2.45. The van der Waals surface area contributed by atoms with Crippen molar-refractivity contribution in [3.63, 3.8) is 0 Å². The quantitative estimate of drug-likeness (QED) is 0.630. The maximum absolute atomic E-state index is 15.6. The average Bonchev–Trinajstić information content (AvgIpc) is 2.87. The number of likely N-dealkylation sites (tertiary alicyclic amines) is 2. The second kappa shape index (κ2) is 10.5. The number of para-hydroxylation sites is 1. The highest BCUT2D eigenvalue weighted by Crippen LogP contribution is 2.31. The van der Waals surface area contributed by atoms with Crippen LogP contribution in [0.4, 0.5) is 4.39 Å². The van der Waals surface area contributed by atoms with E-state index in [1.54, 1.807) is 35.4 Å². The molecule has 10 heteroatoms. The number of aliphatic imine (C=N–C) groups is 2. The van der Waals surface area contributed by atoms with Gasteiger partial charge in [-0.25, -0.2) is 14.2 Å². The van der Waals surface area contributed by atoms with Crippen molar-refractivity contribution in [1.82, 2.24) is 9.80 Å². The van der Waals surface area contributed by atoms with Crippen molar-refractivity contribution < 1.29 is 23.5 Å². The summed E-state index contributed by atoms with van der Waals surface area (Å²) < 4.78 is 26.5. The van der Waals surface area contributed by atoms with Crippen LogP contribution in [0.2, 0.25) is 0 Å². The fraction of sp³-hybridized carbons (Fsp3) is 0.583. The van der Waals surface area contributed by atoms with E-state index in [0.717, 1.165) is 6.54 Å². The Balaban J connectivity index is 1.25. The molecule has 1 amide bonds. The number of hydrogen-bond acceptors (Lipinski definition) is 8. The van der Waals surface area contributed by atoms with Gasteiger partial charge in [0.1, 0.15) is 17.4 Å². The van der Waals surface area contributed by atoms with Crippen LogP contribution in [-0.4, -0.2) is 92.0 Å². The van der Waals surface area contributed by atoms with Crippen LogP contribution < -0.4 is 10.5 Å². The number of piperidine rings is 2.